The largest absolute Gasteiger partial charge is 0.318 e. The molecule has 0 radical (unpaired) electrons. The predicted molar refractivity (Wildman–Crippen MR) is 56.9 cm³/mol. The first kappa shape index (κ1) is 12.1. The molecule has 1 rings (SSSR count). The highest BCUT2D eigenvalue weighted by Gasteiger charge is 2.02. The molecule has 0 heterocycles. The summed E-state index contributed by atoms with van der Waals surface area (Å²) in [6, 6.07) is 3.69. The fourth-order valence-electron chi connectivity index (χ4n) is 1.29. The molecule has 0 aliphatic rings. The summed E-state index contributed by atoms with van der Waals surface area (Å²) in [5, 5.41) is 6.15. The highest BCUT2D eigenvalue weighted by atomic mass is 19.1. The molecule has 1 aromatic rings. The number of hydrogen-bond acceptors (Lipinski definition) is 2. The van der Waals surface area contributed by atoms with Crippen LogP contribution in [-0.2, 0) is 6.42 Å². The van der Waals surface area contributed by atoms with Crippen molar-refractivity contribution in [1.82, 2.24) is 10.6 Å². The smallest absolute Gasteiger partial charge is 0.129 e. The van der Waals surface area contributed by atoms with Gasteiger partial charge in [0.15, 0.2) is 0 Å². The second-order valence-electron chi connectivity index (χ2n) is 3.34. The molecule has 2 nitrogen and oxygen atoms in total. The van der Waals surface area contributed by atoms with E-state index in [0.717, 1.165) is 19.2 Å². The summed E-state index contributed by atoms with van der Waals surface area (Å²) >= 11 is 0. The molecule has 0 aliphatic carbocycles. The maximum absolute atomic E-state index is 13.1. The summed E-state index contributed by atoms with van der Waals surface area (Å²) in [7, 11) is 1.88. The van der Waals surface area contributed by atoms with Gasteiger partial charge in [0.1, 0.15) is 11.6 Å². The molecule has 0 unspecified atom stereocenters. The van der Waals surface area contributed by atoms with E-state index in [0.29, 0.717) is 18.5 Å². The Morgan fingerprint density at radius 2 is 1.93 bits per heavy atom. The Morgan fingerprint density at radius 1 is 1.13 bits per heavy atom. The molecular weight excluding hydrogens is 198 g/mol. The quantitative estimate of drug-likeness (QED) is 0.698. The Balaban J connectivity index is 2.31. The average Bonchev–Trinajstić information content (AvgIpc) is 2.20. The van der Waals surface area contributed by atoms with Gasteiger partial charge in [0, 0.05) is 19.2 Å². The number of hydrogen-bond donors (Lipinski definition) is 2. The molecule has 1 aromatic carbocycles. The van der Waals surface area contributed by atoms with Gasteiger partial charge in [-0.25, -0.2) is 8.78 Å². The van der Waals surface area contributed by atoms with Crippen molar-refractivity contribution < 1.29 is 8.78 Å². The molecule has 0 aliphatic heterocycles. The molecule has 15 heavy (non-hydrogen) atoms. The summed E-state index contributed by atoms with van der Waals surface area (Å²) in [4.78, 5) is 0. The number of likely N-dealkylation sites (N-methyl/N-ethyl adjacent to an activating group) is 1. The topological polar surface area (TPSA) is 24.1 Å². The van der Waals surface area contributed by atoms with Crippen molar-refractivity contribution in [2.45, 2.75) is 6.42 Å². The number of rotatable bonds is 6. The van der Waals surface area contributed by atoms with Crippen LogP contribution >= 0.6 is 0 Å². The maximum atomic E-state index is 13.1. The lowest BCUT2D eigenvalue weighted by molar-refractivity contribution is 0.565. The molecule has 4 heteroatoms. The summed E-state index contributed by atoms with van der Waals surface area (Å²) in [5.74, 6) is -0.996. The maximum Gasteiger partial charge on any atom is 0.129 e. The first-order valence-corrected chi connectivity index (χ1v) is 5.03. The fraction of sp³-hybridized carbons (Fsp3) is 0.455. The van der Waals surface area contributed by atoms with Crippen LogP contribution < -0.4 is 10.6 Å². The first-order valence-electron chi connectivity index (χ1n) is 5.03. The van der Waals surface area contributed by atoms with Gasteiger partial charge in [-0.2, -0.15) is 0 Å². The molecule has 2 N–H and O–H groups in total. The van der Waals surface area contributed by atoms with Crippen molar-refractivity contribution in [3.63, 3.8) is 0 Å². The van der Waals surface area contributed by atoms with E-state index in [1.807, 2.05) is 7.05 Å². The monoisotopic (exact) mass is 214 g/mol. The standard InChI is InChI=1S/C11H16F2N2/c1-14-6-7-15-5-4-9-2-3-10(12)8-11(9)13/h2-3,8,14-15H,4-7H2,1H3. The zero-order valence-corrected chi connectivity index (χ0v) is 8.82. The third-order valence-corrected chi connectivity index (χ3v) is 2.14. The van der Waals surface area contributed by atoms with Gasteiger partial charge < -0.3 is 10.6 Å². The van der Waals surface area contributed by atoms with Crippen molar-refractivity contribution in [1.29, 1.82) is 0 Å². The van der Waals surface area contributed by atoms with E-state index >= 15 is 0 Å². The molecule has 0 saturated heterocycles. The van der Waals surface area contributed by atoms with Gasteiger partial charge in [-0.3, -0.25) is 0 Å². The molecule has 0 fully saturated rings. The fourth-order valence-corrected chi connectivity index (χ4v) is 1.29. The van der Waals surface area contributed by atoms with Gasteiger partial charge >= 0.3 is 0 Å². The molecule has 0 spiro atoms. The lowest BCUT2D eigenvalue weighted by Crippen LogP contribution is -2.26. The van der Waals surface area contributed by atoms with E-state index in [-0.39, 0.29) is 0 Å². The van der Waals surface area contributed by atoms with E-state index in [2.05, 4.69) is 10.6 Å². The second-order valence-corrected chi connectivity index (χ2v) is 3.34. The second kappa shape index (κ2) is 6.48. The van der Waals surface area contributed by atoms with Crippen molar-refractivity contribution in [2.24, 2.45) is 0 Å². The zero-order chi connectivity index (χ0) is 11.1. The Morgan fingerprint density at radius 3 is 2.60 bits per heavy atom. The molecule has 0 aromatic heterocycles. The Labute approximate surface area is 88.7 Å². The number of halogens is 2. The lowest BCUT2D eigenvalue weighted by atomic mass is 10.1. The Hall–Kier alpha value is -1.00. The van der Waals surface area contributed by atoms with Gasteiger partial charge in [0.2, 0.25) is 0 Å². The molecule has 0 amide bonds. The van der Waals surface area contributed by atoms with Crippen molar-refractivity contribution >= 4 is 0 Å². The Bertz CT molecular complexity index is 303. The van der Waals surface area contributed by atoms with Crippen molar-refractivity contribution in [2.75, 3.05) is 26.7 Å². The van der Waals surface area contributed by atoms with Gasteiger partial charge in [0.05, 0.1) is 0 Å². The van der Waals surface area contributed by atoms with E-state index in [1.165, 1.54) is 12.1 Å². The molecule has 0 saturated carbocycles. The van der Waals surface area contributed by atoms with Crippen LogP contribution in [0.3, 0.4) is 0 Å². The van der Waals surface area contributed by atoms with Crippen LogP contribution in [0, 0.1) is 11.6 Å². The third-order valence-electron chi connectivity index (χ3n) is 2.14. The highest BCUT2D eigenvalue weighted by molar-refractivity contribution is 5.18. The number of nitrogens with one attached hydrogen (secondary N) is 2. The van der Waals surface area contributed by atoms with Crippen LogP contribution in [0.4, 0.5) is 8.78 Å². The summed E-state index contributed by atoms with van der Waals surface area (Å²) in [6.07, 6.45) is 0.579. The Kier molecular flexibility index (Phi) is 5.21. The summed E-state index contributed by atoms with van der Waals surface area (Å²) < 4.78 is 25.7. The van der Waals surface area contributed by atoms with Crippen molar-refractivity contribution in [3.05, 3.63) is 35.4 Å². The van der Waals surface area contributed by atoms with Crippen LogP contribution in [0.1, 0.15) is 5.56 Å². The van der Waals surface area contributed by atoms with Crippen LogP contribution in [-0.4, -0.2) is 26.7 Å². The van der Waals surface area contributed by atoms with E-state index in [9.17, 15) is 8.78 Å². The van der Waals surface area contributed by atoms with Gasteiger partial charge in [-0.05, 0) is 31.6 Å². The molecule has 0 bridgehead atoms. The number of benzene rings is 1. The minimum absolute atomic E-state index is 0.467. The molecule has 0 atom stereocenters. The van der Waals surface area contributed by atoms with Gasteiger partial charge in [-0.1, -0.05) is 6.07 Å². The predicted octanol–water partition coefficient (Wildman–Crippen LogP) is 1.32. The van der Waals surface area contributed by atoms with Crippen molar-refractivity contribution in [3.8, 4) is 0 Å². The molecular formula is C11H16F2N2. The van der Waals surface area contributed by atoms with Gasteiger partial charge in [0.25, 0.3) is 0 Å². The minimum atomic E-state index is -0.528. The SMILES string of the molecule is CNCCNCCc1ccc(F)cc1F. The zero-order valence-electron chi connectivity index (χ0n) is 8.82. The van der Waals surface area contributed by atoms with Crippen LogP contribution in [0.2, 0.25) is 0 Å². The van der Waals surface area contributed by atoms with Crippen LogP contribution in [0.25, 0.3) is 0 Å². The normalized spacial score (nSPS) is 10.6. The summed E-state index contributed by atoms with van der Waals surface area (Å²) in [6.45, 7) is 2.43. The van der Waals surface area contributed by atoms with E-state index in [4.69, 9.17) is 0 Å². The van der Waals surface area contributed by atoms with Crippen LogP contribution in [0.5, 0.6) is 0 Å². The van der Waals surface area contributed by atoms with Crippen LogP contribution in [0.15, 0.2) is 18.2 Å². The summed E-state index contributed by atoms with van der Waals surface area (Å²) in [5.41, 5.74) is 0.549. The average molecular weight is 214 g/mol. The van der Waals surface area contributed by atoms with E-state index in [1.54, 1.807) is 0 Å². The van der Waals surface area contributed by atoms with E-state index < -0.39 is 11.6 Å². The minimum Gasteiger partial charge on any atom is -0.318 e. The first-order chi connectivity index (χ1) is 7.24. The van der Waals surface area contributed by atoms with Gasteiger partial charge in [-0.15, -0.1) is 0 Å². The third kappa shape index (κ3) is 4.36. The molecule has 84 valence electrons. The lowest BCUT2D eigenvalue weighted by Gasteiger charge is -2.05. The highest BCUT2D eigenvalue weighted by Crippen LogP contribution is 2.09.